The molecule has 0 aliphatic heterocycles. The first-order valence-corrected chi connectivity index (χ1v) is 8.16. The summed E-state index contributed by atoms with van der Waals surface area (Å²) in [7, 11) is -1.67. The monoisotopic (exact) mass is 307 g/mol. The number of rotatable bonds is 6. The molecule has 1 aromatic carbocycles. The van der Waals surface area contributed by atoms with Crippen molar-refractivity contribution in [3.63, 3.8) is 0 Å². The number of ether oxygens (including phenoxy) is 1. The highest BCUT2D eigenvalue weighted by Crippen LogP contribution is 2.15. The first-order chi connectivity index (χ1) is 9.96. The van der Waals surface area contributed by atoms with Crippen LogP contribution in [-0.4, -0.2) is 26.8 Å². The van der Waals surface area contributed by atoms with E-state index < -0.39 is 10.0 Å². The smallest absolute Gasteiger partial charge is 0.229 e. The van der Waals surface area contributed by atoms with Crippen molar-refractivity contribution in [1.29, 1.82) is 0 Å². The van der Waals surface area contributed by atoms with Crippen molar-refractivity contribution in [1.82, 2.24) is 4.98 Å². The van der Waals surface area contributed by atoms with E-state index in [2.05, 4.69) is 15.0 Å². The van der Waals surface area contributed by atoms with Crippen molar-refractivity contribution < 1.29 is 13.2 Å². The molecular weight excluding hydrogens is 290 g/mol. The number of nitrogens with one attached hydrogen (secondary N) is 2. The van der Waals surface area contributed by atoms with Gasteiger partial charge in [-0.3, -0.25) is 4.72 Å². The van der Waals surface area contributed by atoms with Gasteiger partial charge in [-0.1, -0.05) is 6.07 Å². The Balaban J connectivity index is 1.94. The number of hydrogen-bond acceptors (Lipinski definition) is 5. The molecule has 2 aromatic rings. The number of methoxy groups -OCH3 is 1. The molecule has 21 heavy (non-hydrogen) atoms. The number of sulfonamides is 1. The minimum atomic E-state index is -3.24. The third-order valence-electron chi connectivity index (χ3n) is 2.69. The second-order valence-electron chi connectivity index (χ2n) is 4.51. The molecule has 2 N–H and O–H groups in total. The highest BCUT2D eigenvalue weighted by molar-refractivity contribution is 7.92. The van der Waals surface area contributed by atoms with Gasteiger partial charge >= 0.3 is 0 Å². The van der Waals surface area contributed by atoms with E-state index in [1.807, 2.05) is 18.2 Å². The largest absolute Gasteiger partial charge is 0.481 e. The van der Waals surface area contributed by atoms with Crippen LogP contribution in [-0.2, 0) is 16.6 Å². The third-order valence-corrected chi connectivity index (χ3v) is 3.30. The lowest BCUT2D eigenvalue weighted by molar-refractivity contribution is 0.397. The van der Waals surface area contributed by atoms with Crippen molar-refractivity contribution >= 4 is 21.4 Å². The Morgan fingerprint density at radius 3 is 2.29 bits per heavy atom. The molecule has 0 aliphatic rings. The van der Waals surface area contributed by atoms with Crippen molar-refractivity contribution in [3.05, 3.63) is 48.2 Å². The maximum absolute atomic E-state index is 11.1. The third kappa shape index (κ3) is 4.96. The van der Waals surface area contributed by atoms with Gasteiger partial charge in [0.15, 0.2) is 0 Å². The molecule has 0 bridgehead atoms. The molecule has 0 saturated carbocycles. The summed E-state index contributed by atoms with van der Waals surface area (Å²) < 4.78 is 29.6. The number of nitrogens with zero attached hydrogens (tertiary/aromatic N) is 1. The number of aromatic nitrogens is 1. The molecule has 0 atom stereocenters. The van der Waals surface area contributed by atoms with Gasteiger partial charge in [-0.25, -0.2) is 13.4 Å². The average Bonchev–Trinajstić information content (AvgIpc) is 2.45. The van der Waals surface area contributed by atoms with Crippen LogP contribution in [0, 0.1) is 0 Å². The van der Waals surface area contributed by atoms with Gasteiger partial charge in [-0.2, -0.15) is 0 Å². The van der Waals surface area contributed by atoms with E-state index >= 15 is 0 Å². The minimum Gasteiger partial charge on any atom is -0.481 e. The average molecular weight is 307 g/mol. The van der Waals surface area contributed by atoms with Gasteiger partial charge in [0, 0.05) is 30.2 Å². The SMILES string of the molecule is COc1ccc(CNc2ccc(NS(C)(=O)=O)cc2)cn1. The van der Waals surface area contributed by atoms with Gasteiger partial charge in [0.05, 0.1) is 13.4 Å². The minimum absolute atomic E-state index is 0.536. The van der Waals surface area contributed by atoms with Crippen LogP contribution in [0.15, 0.2) is 42.6 Å². The molecular formula is C14H17N3O3S. The molecule has 2 rings (SSSR count). The summed E-state index contributed by atoms with van der Waals surface area (Å²) >= 11 is 0. The molecule has 0 aliphatic carbocycles. The zero-order valence-electron chi connectivity index (χ0n) is 11.8. The van der Waals surface area contributed by atoms with E-state index in [0.717, 1.165) is 17.5 Å². The Kier molecular flexibility index (Phi) is 4.64. The molecule has 0 saturated heterocycles. The highest BCUT2D eigenvalue weighted by atomic mass is 32.2. The van der Waals surface area contributed by atoms with Crippen LogP contribution < -0.4 is 14.8 Å². The van der Waals surface area contributed by atoms with E-state index in [-0.39, 0.29) is 0 Å². The summed E-state index contributed by atoms with van der Waals surface area (Å²) in [6.45, 7) is 0.621. The maximum Gasteiger partial charge on any atom is 0.229 e. The maximum atomic E-state index is 11.1. The van der Waals surface area contributed by atoms with E-state index in [9.17, 15) is 8.42 Å². The Morgan fingerprint density at radius 1 is 1.10 bits per heavy atom. The van der Waals surface area contributed by atoms with Crippen molar-refractivity contribution in [2.24, 2.45) is 0 Å². The predicted molar refractivity (Wildman–Crippen MR) is 83.0 cm³/mol. The first-order valence-electron chi connectivity index (χ1n) is 6.27. The molecule has 0 amide bonds. The second-order valence-corrected chi connectivity index (χ2v) is 6.26. The van der Waals surface area contributed by atoms with Crippen LogP contribution in [0.4, 0.5) is 11.4 Å². The van der Waals surface area contributed by atoms with E-state index in [1.165, 1.54) is 0 Å². The fourth-order valence-corrected chi connectivity index (χ4v) is 2.27. The van der Waals surface area contributed by atoms with E-state index in [4.69, 9.17) is 4.74 Å². The van der Waals surface area contributed by atoms with Gasteiger partial charge in [-0.05, 0) is 29.8 Å². The topological polar surface area (TPSA) is 80.3 Å². The Bertz CT molecular complexity index is 682. The second kappa shape index (κ2) is 6.45. The fourth-order valence-electron chi connectivity index (χ4n) is 1.71. The predicted octanol–water partition coefficient (Wildman–Crippen LogP) is 2.07. The zero-order chi connectivity index (χ0) is 15.3. The Labute approximate surface area is 124 Å². The summed E-state index contributed by atoms with van der Waals surface area (Å²) in [6, 6.07) is 10.8. The number of hydrogen-bond donors (Lipinski definition) is 2. The molecule has 6 nitrogen and oxygen atoms in total. The van der Waals surface area contributed by atoms with Crippen LogP contribution in [0.5, 0.6) is 5.88 Å². The van der Waals surface area contributed by atoms with Gasteiger partial charge in [0.1, 0.15) is 0 Å². The summed E-state index contributed by atoms with van der Waals surface area (Å²) in [4.78, 5) is 4.12. The number of pyridine rings is 1. The van der Waals surface area contributed by atoms with Crippen LogP contribution in [0.2, 0.25) is 0 Å². The fraction of sp³-hybridized carbons (Fsp3) is 0.214. The number of benzene rings is 1. The zero-order valence-corrected chi connectivity index (χ0v) is 12.6. The summed E-state index contributed by atoms with van der Waals surface area (Å²) in [6.07, 6.45) is 2.86. The summed E-state index contributed by atoms with van der Waals surface area (Å²) in [5.41, 5.74) is 2.45. The summed E-state index contributed by atoms with van der Waals surface area (Å²) in [5.74, 6) is 0.579. The molecule has 1 heterocycles. The first kappa shape index (κ1) is 15.1. The molecule has 1 aromatic heterocycles. The normalized spacial score (nSPS) is 11.0. The van der Waals surface area contributed by atoms with Crippen molar-refractivity contribution in [2.75, 3.05) is 23.4 Å². The Hall–Kier alpha value is -2.28. The standard InChI is InChI=1S/C14H17N3O3S/c1-20-14-8-3-11(10-16-14)9-15-12-4-6-13(7-5-12)17-21(2,18)19/h3-8,10,15,17H,9H2,1-2H3. The lowest BCUT2D eigenvalue weighted by atomic mass is 10.2. The van der Waals surface area contributed by atoms with Gasteiger partial charge < -0.3 is 10.1 Å². The van der Waals surface area contributed by atoms with E-state index in [1.54, 1.807) is 31.5 Å². The van der Waals surface area contributed by atoms with Gasteiger partial charge in [0.2, 0.25) is 15.9 Å². The summed E-state index contributed by atoms with van der Waals surface area (Å²) in [5, 5.41) is 3.23. The van der Waals surface area contributed by atoms with Crippen LogP contribution in [0.3, 0.4) is 0 Å². The molecule has 0 fully saturated rings. The molecule has 0 spiro atoms. The van der Waals surface area contributed by atoms with E-state index in [0.29, 0.717) is 18.1 Å². The lowest BCUT2D eigenvalue weighted by Gasteiger charge is -2.08. The Morgan fingerprint density at radius 2 is 1.76 bits per heavy atom. The molecule has 0 unspecified atom stereocenters. The highest BCUT2D eigenvalue weighted by Gasteiger charge is 2.01. The molecule has 112 valence electrons. The van der Waals surface area contributed by atoms with Crippen LogP contribution in [0.25, 0.3) is 0 Å². The van der Waals surface area contributed by atoms with Crippen LogP contribution >= 0.6 is 0 Å². The molecule has 7 heteroatoms. The quantitative estimate of drug-likeness (QED) is 0.854. The van der Waals surface area contributed by atoms with Crippen molar-refractivity contribution in [3.8, 4) is 5.88 Å². The van der Waals surface area contributed by atoms with Gasteiger partial charge in [-0.15, -0.1) is 0 Å². The lowest BCUT2D eigenvalue weighted by Crippen LogP contribution is -2.09. The van der Waals surface area contributed by atoms with Crippen LogP contribution in [0.1, 0.15) is 5.56 Å². The van der Waals surface area contributed by atoms with Crippen molar-refractivity contribution in [2.45, 2.75) is 6.54 Å². The number of anilines is 2. The van der Waals surface area contributed by atoms with Gasteiger partial charge in [0.25, 0.3) is 0 Å². The molecule has 0 radical (unpaired) electrons.